The Morgan fingerprint density at radius 2 is 1.89 bits per heavy atom. The Labute approximate surface area is 164 Å². The van der Waals surface area contributed by atoms with Crippen LogP contribution in [-0.4, -0.2) is 41.1 Å². The predicted molar refractivity (Wildman–Crippen MR) is 105 cm³/mol. The largest absolute Gasteiger partial charge is 0.497 e. The van der Waals surface area contributed by atoms with Crippen molar-refractivity contribution in [2.24, 2.45) is 0 Å². The Hall–Kier alpha value is -3.15. The van der Waals surface area contributed by atoms with Gasteiger partial charge in [0.05, 0.1) is 7.11 Å². The van der Waals surface area contributed by atoms with Gasteiger partial charge in [0.15, 0.2) is 5.82 Å². The summed E-state index contributed by atoms with van der Waals surface area (Å²) in [7, 11) is 1.63. The molecule has 1 amide bonds. The zero-order chi connectivity index (χ0) is 19.5. The fourth-order valence-electron chi connectivity index (χ4n) is 3.49. The summed E-state index contributed by atoms with van der Waals surface area (Å²) in [6.07, 6.45) is 1.66. The molecule has 4 rings (SSSR count). The van der Waals surface area contributed by atoms with Gasteiger partial charge in [-0.15, -0.1) is 0 Å². The average Bonchev–Trinajstić information content (AvgIpc) is 3.24. The van der Waals surface area contributed by atoms with Gasteiger partial charge < -0.3 is 14.2 Å². The number of ether oxygens (including phenoxy) is 1. The van der Waals surface area contributed by atoms with E-state index in [1.807, 2.05) is 60.4 Å². The highest BCUT2D eigenvalue weighted by Crippen LogP contribution is 2.29. The monoisotopic (exact) mass is 377 g/mol. The maximum Gasteiger partial charge on any atom is 0.258 e. The molecule has 0 atom stereocenters. The lowest BCUT2D eigenvalue weighted by molar-refractivity contribution is 0.0710. The number of piperidine rings is 1. The minimum atomic E-state index is 0.0867. The van der Waals surface area contributed by atoms with Crippen LogP contribution in [0.5, 0.6) is 5.75 Å². The molecule has 1 fully saturated rings. The van der Waals surface area contributed by atoms with Crippen LogP contribution in [0.4, 0.5) is 0 Å². The van der Waals surface area contributed by atoms with Gasteiger partial charge in [-0.25, -0.2) is 0 Å². The van der Waals surface area contributed by atoms with Gasteiger partial charge in [-0.1, -0.05) is 28.9 Å². The van der Waals surface area contributed by atoms with Crippen molar-refractivity contribution in [3.63, 3.8) is 0 Å². The fraction of sp³-hybridized carbons (Fsp3) is 0.318. The molecule has 0 unspecified atom stereocenters. The van der Waals surface area contributed by atoms with E-state index in [9.17, 15) is 4.79 Å². The predicted octanol–water partition coefficient (Wildman–Crippen LogP) is 4.07. The number of hydrogen-bond acceptors (Lipinski definition) is 5. The SMILES string of the molecule is COc1cccc(-c2nc(C3CCN(C(=O)c4ccc(C)cc4)CC3)no2)c1. The highest BCUT2D eigenvalue weighted by Gasteiger charge is 2.27. The number of methoxy groups -OCH3 is 1. The number of carbonyl (C=O) groups is 1. The van der Waals surface area contributed by atoms with Crippen molar-refractivity contribution in [1.29, 1.82) is 0 Å². The first kappa shape index (κ1) is 18.2. The third kappa shape index (κ3) is 3.76. The summed E-state index contributed by atoms with van der Waals surface area (Å²) in [5, 5.41) is 4.18. The number of aryl methyl sites for hydroxylation is 1. The summed E-state index contributed by atoms with van der Waals surface area (Å²) in [5.74, 6) is 2.24. The summed E-state index contributed by atoms with van der Waals surface area (Å²) in [6.45, 7) is 3.41. The Morgan fingerprint density at radius 1 is 1.14 bits per heavy atom. The van der Waals surface area contributed by atoms with E-state index in [2.05, 4.69) is 10.1 Å². The topological polar surface area (TPSA) is 68.5 Å². The number of carbonyl (C=O) groups excluding carboxylic acids is 1. The molecule has 0 N–H and O–H groups in total. The summed E-state index contributed by atoms with van der Waals surface area (Å²) in [4.78, 5) is 19.2. The van der Waals surface area contributed by atoms with Crippen LogP contribution in [0.1, 0.15) is 40.5 Å². The average molecular weight is 377 g/mol. The van der Waals surface area contributed by atoms with Crippen molar-refractivity contribution in [1.82, 2.24) is 15.0 Å². The summed E-state index contributed by atoms with van der Waals surface area (Å²) in [5.41, 5.74) is 2.73. The molecule has 1 saturated heterocycles. The molecule has 0 radical (unpaired) electrons. The Kier molecular flexibility index (Phi) is 5.10. The molecule has 0 saturated carbocycles. The molecule has 144 valence electrons. The molecule has 1 aliphatic heterocycles. The molecule has 0 aliphatic carbocycles. The van der Waals surface area contributed by atoms with Gasteiger partial charge in [0.1, 0.15) is 5.75 Å². The Bertz CT molecular complexity index is 957. The molecule has 0 bridgehead atoms. The van der Waals surface area contributed by atoms with Crippen molar-refractivity contribution in [3.05, 3.63) is 65.5 Å². The number of rotatable bonds is 4. The maximum atomic E-state index is 12.7. The number of aromatic nitrogens is 2. The van der Waals surface area contributed by atoms with Crippen LogP contribution >= 0.6 is 0 Å². The van der Waals surface area contributed by atoms with Crippen molar-refractivity contribution >= 4 is 5.91 Å². The minimum absolute atomic E-state index is 0.0867. The quantitative estimate of drug-likeness (QED) is 0.685. The normalized spacial score (nSPS) is 14.9. The number of likely N-dealkylation sites (tertiary alicyclic amines) is 1. The second kappa shape index (κ2) is 7.84. The molecule has 1 aromatic heterocycles. The zero-order valence-corrected chi connectivity index (χ0v) is 16.1. The zero-order valence-electron chi connectivity index (χ0n) is 16.1. The van der Waals surface area contributed by atoms with E-state index in [4.69, 9.17) is 9.26 Å². The smallest absolute Gasteiger partial charge is 0.258 e. The van der Waals surface area contributed by atoms with Crippen LogP contribution in [0.2, 0.25) is 0 Å². The summed E-state index contributed by atoms with van der Waals surface area (Å²) in [6, 6.07) is 15.3. The van der Waals surface area contributed by atoms with E-state index >= 15 is 0 Å². The molecule has 2 heterocycles. The summed E-state index contributed by atoms with van der Waals surface area (Å²) < 4.78 is 10.7. The van der Waals surface area contributed by atoms with E-state index in [-0.39, 0.29) is 11.8 Å². The molecule has 28 heavy (non-hydrogen) atoms. The van der Waals surface area contributed by atoms with Crippen molar-refractivity contribution < 1.29 is 14.1 Å². The van der Waals surface area contributed by atoms with Crippen molar-refractivity contribution in [2.75, 3.05) is 20.2 Å². The lowest BCUT2D eigenvalue weighted by Crippen LogP contribution is -2.38. The van der Waals surface area contributed by atoms with Gasteiger partial charge in [-0.3, -0.25) is 4.79 Å². The lowest BCUT2D eigenvalue weighted by Gasteiger charge is -2.30. The number of hydrogen-bond donors (Lipinski definition) is 0. The van der Waals surface area contributed by atoms with E-state index in [1.165, 1.54) is 0 Å². The molecule has 3 aromatic rings. The van der Waals surface area contributed by atoms with Crippen molar-refractivity contribution in [3.8, 4) is 17.2 Å². The molecule has 0 spiro atoms. The number of nitrogens with zero attached hydrogens (tertiary/aromatic N) is 3. The minimum Gasteiger partial charge on any atom is -0.497 e. The molecule has 6 heteroatoms. The van der Waals surface area contributed by atoms with E-state index in [1.54, 1.807) is 7.11 Å². The van der Waals surface area contributed by atoms with Crippen LogP contribution in [0.3, 0.4) is 0 Å². The van der Waals surface area contributed by atoms with Crippen LogP contribution in [0, 0.1) is 6.92 Å². The Balaban J connectivity index is 1.41. The molecular formula is C22H23N3O3. The summed E-state index contributed by atoms with van der Waals surface area (Å²) >= 11 is 0. The van der Waals surface area contributed by atoms with E-state index in [0.717, 1.165) is 35.3 Å². The molecule has 2 aromatic carbocycles. The van der Waals surface area contributed by atoms with Gasteiger partial charge in [0.2, 0.25) is 0 Å². The Morgan fingerprint density at radius 3 is 2.61 bits per heavy atom. The van der Waals surface area contributed by atoms with Crippen LogP contribution in [0.25, 0.3) is 11.5 Å². The van der Waals surface area contributed by atoms with Crippen LogP contribution in [-0.2, 0) is 0 Å². The van der Waals surface area contributed by atoms with Crippen LogP contribution in [0.15, 0.2) is 53.1 Å². The van der Waals surface area contributed by atoms with Gasteiger partial charge in [-0.2, -0.15) is 4.98 Å². The first-order valence-electron chi connectivity index (χ1n) is 9.48. The lowest BCUT2D eigenvalue weighted by atomic mass is 9.95. The van der Waals surface area contributed by atoms with Crippen molar-refractivity contribution in [2.45, 2.75) is 25.7 Å². The maximum absolute atomic E-state index is 12.7. The molecular weight excluding hydrogens is 354 g/mol. The number of benzene rings is 2. The van der Waals surface area contributed by atoms with E-state index < -0.39 is 0 Å². The third-order valence-electron chi connectivity index (χ3n) is 5.20. The van der Waals surface area contributed by atoms with Gasteiger partial charge in [0, 0.05) is 30.1 Å². The second-order valence-corrected chi connectivity index (χ2v) is 7.12. The highest BCUT2D eigenvalue weighted by atomic mass is 16.5. The first-order chi connectivity index (χ1) is 13.6. The van der Waals surface area contributed by atoms with Gasteiger partial charge in [-0.05, 0) is 50.1 Å². The first-order valence-corrected chi connectivity index (χ1v) is 9.48. The highest BCUT2D eigenvalue weighted by molar-refractivity contribution is 5.94. The van der Waals surface area contributed by atoms with Gasteiger partial charge in [0.25, 0.3) is 11.8 Å². The molecule has 1 aliphatic rings. The van der Waals surface area contributed by atoms with Gasteiger partial charge >= 0.3 is 0 Å². The fourth-order valence-corrected chi connectivity index (χ4v) is 3.49. The standard InChI is InChI=1S/C22H23N3O3/c1-15-6-8-17(9-7-15)22(26)25-12-10-16(11-13-25)20-23-21(28-24-20)18-4-3-5-19(14-18)27-2/h3-9,14,16H,10-13H2,1-2H3. The second-order valence-electron chi connectivity index (χ2n) is 7.12. The van der Waals surface area contributed by atoms with Crippen LogP contribution < -0.4 is 4.74 Å². The van der Waals surface area contributed by atoms with E-state index in [0.29, 0.717) is 24.8 Å². The number of amides is 1. The third-order valence-corrected chi connectivity index (χ3v) is 5.20. The molecule has 6 nitrogen and oxygen atoms in total.